The fraction of sp³-hybridized carbons (Fsp3) is 0.562. The third-order valence-corrected chi connectivity index (χ3v) is 4.60. The summed E-state index contributed by atoms with van der Waals surface area (Å²) in [6.45, 7) is 6.68. The molecule has 1 aromatic heterocycles. The minimum atomic E-state index is -0.573. The summed E-state index contributed by atoms with van der Waals surface area (Å²) in [5.41, 5.74) is 2.02. The SMILES string of the molecule is CCc1cc(CC)n(C2=[N+](CC)C3C(=O)N(C)C(=O)N(C)C3=N2)n1. The highest BCUT2D eigenvalue weighted by Crippen LogP contribution is 2.20. The van der Waals surface area contributed by atoms with E-state index >= 15 is 0 Å². The molecule has 3 amide bonds. The van der Waals surface area contributed by atoms with Gasteiger partial charge in [-0.25, -0.2) is 9.37 Å². The summed E-state index contributed by atoms with van der Waals surface area (Å²) in [6, 6.07) is 1.13. The molecule has 1 unspecified atom stereocenters. The zero-order valence-electron chi connectivity index (χ0n) is 14.8. The molecule has 0 bridgehead atoms. The fourth-order valence-electron chi connectivity index (χ4n) is 3.15. The summed E-state index contributed by atoms with van der Waals surface area (Å²) >= 11 is 0. The zero-order chi connectivity index (χ0) is 17.6. The second-order valence-corrected chi connectivity index (χ2v) is 5.94. The number of likely N-dealkylation sites (N-methyl/N-ethyl adjacent to an activating group) is 3. The molecule has 0 spiro atoms. The average Bonchev–Trinajstić information content (AvgIpc) is 3.18. The lowest BCUT2D eigenvalue weighted by atomic mass is 10.1. The molecule has 8 heteroatoms. The van der Waals surface area contributed by atoms with E-state index < -0.39 is 6.04 Å². The van der Waals surface area contributed by atoms with Crippen LogP contribution in [0.25, 0.3) is 0 Å². The number of nitrogens with zero attached hydrogens (tertiary/aromatic N) is 6. The van der Waals surface area contributed by atoms with Crippen LogP contribution in [0.4, 0.5) is 4.79 Å². The van der Waals surface area contributed by atoms with Crippen molar-refractivity contribution in [2.45, 2.75) is 39.7 Å². The van der Waals surface area contributed by atoms with E-state index in [0.717, 1.165) is 29.1 Å². The smallest absolute Gasteiger partial charge is 0.270 e. The van der Waals surface area contributed by atoms with Crippen LogP contribution in [0.5, 0.6) is 0 Å². The van der Waals surface area contributed by atoms with Gasteiger partial charge in [0.15, 0.2) is 0 Å². The van der Waals surface area contributed by atoms with E-state index in [2.05, 4.69) is 30.0 Å². The Morgan fingerprint density at radius 2 is 1.83 bits per heavy atom. The maximum absolute atomic E-state index is 12.6. The van der Waals surface area contributed by atoms with Gasteiger partial charge in [-0.15, -0.1) is 9.78 Å². The summed E-state index contributed by atoms with van der Waals surface area (Å²) in [5, 5.41) is 4.63. The highest BCUT2D eigenvalue weighted by molar-refractivity contribution is 6.22. The molecule has 0 saturated carbocycles. The second-order valence-electron chi connectivity index (χ2n) is 5.94. The van der Waals surface area contributed by atoms with Gasteiger partial charge >= 0.3 is 12.0 Å². The monoisotopic (exact) mass is 331 g/mol. The molecule has 0 aliphatic carbocycles. The van der Waals surface area contributed by atoms with Crippen LogP contribution in [0, 0.1) is 0 Å². The van der Waals surface area contributed by atoms with Gasteiger partial charge in [-0.05, 0) is 19.4 Å². The van der Waals surface area contributed by atoms with E-state index in [9.17, 15) is 9.59 Å². The molecule has 3 heterocycles. The Kier molecular flexibility index (Phi) is 3.98. The molecule has 2 aliphatic heterocycles. The Labute approximate surface area is 141 Å². The maximum Gasteiger partial charge on any atom is 0.421 e. The summed E-state index contributed by atoms with van der Waals surface area (Å²) < 4.78 is 3.71. The van der Waals surface area contributed by atoms with Crippen molar-refractivity contribution in [1.29, 1.82) is 0 Å². The van der Waals surface area contributed by atoms with Crippen LogP contribution in [-0.4, -0.2) is 74.6 Å². The normalized spacial score (nSPS) is 20.9. The van der Waals surface area contributed by atoms with Gasteiger partial charge in [-0.2, -0.15) is 0 Å². The lowest BCUT2D eigenvalue weighted by Crippen LogP contribution is -2.61. The number of amides is 3. The minimum Gasteiger partial charge on any atom is -0.270 e. The molecule has 2 aliphatic rings. The molecule has 0 N–H and O–H groups in total. The van der Waals surface area contributed by atoms with Gasteiger partial charge in [0.05, 0.1) is 12.2 Å². The van der Waals surface area contributed by atoms with Crippen molar-refractivity contribution in [3.05, 3.63) is 17.5 Å². The van der Waals surface area contributed by atoms with E-state index in [1.54, 1.807) is 11.7 Å². The molecule has 1 aromatic rings. The highest BCUT2D eigenvalue weighted by Gasteiger charge is 2.51. The van der Waals surface area contributed by atoms with E-state index in [0.29, 0.717) is 18.3 Å². The predicted molar refractivity (Wildman–Crippen MR) is 89.3 cm³/mol. The summed E-state index contributed by atoms with van der Waals surface area (Å²) in [4.78, 5) is 32.0. The van der Waals surface area contributed by atoms with Gasteiger partial charge in [0.25, 0.3) is 5.91 Å². The molecule has 1 atom stereocenters. The van der Waals surface area contributed by atoms with Crippen LogP contribution in [0.1, 0.15) is 32.2 Å². The molecule has 3 rings (SSSR count). The van der Waals surface area contributed by atoms with Crippen LogP contribution in [0.15, 0.2) is 11.1 Å². The predicted octanol–water partition coefficient (Wildman–Crippen LogP) is 0.549. The summed E-state index contributed by atoms with van der Waals surface area (Å²) in [7, 11) is 3.15. The van der Waals surface area contributed by atoms with E-state index in [1.807, 2.05) is 11.5 Å². The van der Waals surface area contributed by atoms with Crippen molar-refractivity contribution < 1.29 is 14.2 Å². The molecule has 8 nitrogen and oxygen atoms in total. The van der Waals surface area contributed by atoms with Crippen molar-refractivity contribution in [3.63, 3.8) is 0 Å². The molecule has 24 heavy (non-hydrogen) atoms. The first kappa shape index (κ1) is 16.4. The van der Waals surface area contributed by atoms with Gasteiger partial charge in [0, 0.05) is 20.5 Å². The number of rotatable bonds is 3. The second kappa shape index (κ2) is 5.85. The fourth-order valence-corrected chi connectivity index (χ4v) is 3.15. The topological polar surface area (TPSA) is 73.8 Å². The number of urea groups is 1. The van der Waals surface area contributed by atoms with Crippen molar-refractivity contribution in [2.24, 2.45) is 4.99 Å². The number of fused-ring (bicyclic) bond motifs is 1. The summed E-state index contributed by atoms with van der Waals surface area (Å²) in [6.07, 6.45) is 1.64. The molecule has 0 radical (unpaired) electrons. The number of carbonyl (C=O) groups is 2. The van der Waals surface area contributed by atoms with Crippen molar-refractivity contribution in [3.8, 4) is 0 Å². The Bertz CT molecular complexity index is 776. The quantitative estimate of drug-likeness (QED) is 0.759. The molecule has 1 saturated heterocycles. The number of amidine groups is 1. The summed E-state index contributed by atoms with van der Waals surface area (Å²) in [5.74, 6) is 0.822. The van der Waals surface area contributed by atoms with Gasteiger partial charge in [0.1, 0.15) is 5.69 Å². The first-order valence-corrected chi connectivity index (χ1v) is 8.30. The number of aliphatic imine (C=N–C) groups is 1. The van der Waals surface area contributed by atoms with Crippen LogP contribution in [0.3, 0.4) is 0 Å². The lowest BCUT2D eigenvalue weighted by molar-refractivity contribution is -0.533. The Balaban J connectivity index is 2.17. The minimum absolute atomic E-state index is 0.255. The Morgan fingerprint density at radius 1 is 1.12 bits per heavy atom. The molecular formula is C16H23N6O2+. The van der Waals surface area contributed by atoms with Crippen LogP contribution in [0.2, 0.25) is 0 Å². The zero-order valence-corrected chi connectivity index (χ0v) is 14.8. The standard InChI is InChI=1S/C16H23N6O2/c1-6-10-9-11(7-2)22(18-10)15-17-13-12(21(15)8-3)14(23)20(5)16(24)19(13)4/h9,12H,6-8H2,1-5H3/q+1. The number of imide groups is 1. The number of aryl methyl sites for hydroxylation is 2. The molecule has 0 aromatic carbocycles. The third-order valence-electron chi connectivity index (χ3n) is 4.60. The van der Waals surface area contributed by atoms with Crippen molar-refractivity contribution in [1.82, 2.24) is 19.6 Å². The third kappa shape index (κ3) is 2.16. The van der Waals surface area contributed by atoms with Crippen LogP contribution in [-0.2, 0) is 17.6 Å². The van der Waals surface area contributed by atoms with E-state index in [4.69, 9.17) is 0 Å². The number of hydrogen-bond acceptors (Lipinski definition) is 4. The molecular weight excluding hydrogens is 308 g/mol. The molecule has 128 valence electrons. The number of carbonyl (C=O) groups excluding carboxylic acids is 2. The van der Waals surface area contributed by atoms with Gasteiger partial charge in [-0.3, -0.25) is 14.6 Å². The number of aromatic nitrogens is 2. The van der Waals surface area contributed by atoms with Gasteiger partial charge in [-0.1, -0.05) is 18.8 Å². The van der Waals surface area contributed by atoms with Gasteiger partial charge < -0.3 is 0 Å². The van der Waals surface area contributed by atoms with E-state index in [-0.39, 0.29) is 11.9 Å². The van der Waals surface area contributed by atoms with E-state index in [1.165, 1.54) is 11.9 Å². The lowest BCUT2D eigenvalue weighted by Gasteiger charge is -2.31. The van der Waals surface area contributed by atoms with Crippen LogP contribution < -0.4 is 0 Å². The first-order valence-electron chi connectivity index (χ1n) is 8.30. The van der Waals surface area contributed by atoms with Gasteiger partial charge in [0.2, 0.25) is 11.9 Å². The van der Waals surface area contributed by atoms with Crippen LogP contribution >= 0.6 is 0 Å². The Morgan fingerprint density at radius 3 is 2.42 bits per heavy atom. The Hall–Kier alpha value is -2.51. The first-order chi connectivity index (χ1) is 11.4. The highest BCUT2D eigenvalue weighted by atomic mass is 16.2. The average molecular weight is 331 g/mol. The number of hydrogen-bond donors (Lipinski definition) is 0. The molecule has 1 fully saturated rings. The van der Waals surface area contributed by atoms with Crippen molar-refractivity contribution in [2.75, 3.05) is 20.6 Å². The maximum atomic E-state index is 12.6. The van der Waals surface area contributed by atoms with Crippen molar-refractivity contribution >= 4 is 23.7 Å². The largest absolute Gasteiger partial charge is 0.421 e.